The van der Waals surface area contributed by atoms with Crippen molar-refractivity contribution in [3.8, 4) is 0 Å². The molecule has 2 amide bonds. The van der Waals surface area contributed by atoms with Crippen molar-refractivity contribution in [2.24, 2.45) is 0 Å². The van der Waals surface area contributed by atoms with Gasteiger partial charge in [-0.3, -0.25) is 5.32 Å². The molecule has 2 aromatic rings. The first-order valence-electron chi connectivity index (χ1n) is 5.72. The number of aryl methyl sites for hydroxylation is 1. The molecule has 0 bridgehead atoms. The highest BCUT2D eigenvalue weighted by atomic mass is 32.1. The molecule has 2 N–H and O–H groups in total. The molecule has 0 aromatic carbocycles. The van der Waals surface area contributed by atoms with Crippen LogP contribution in [0.5, 0.6) is 0 Å². The number of hydrogen-bond donors (Lipinski definition) is 2. The van der Waals surface area contributed by atoms with Gasteiger partial charge in [0.15, 0.2) is 0 Å². The summed E-state index contributed by atoms with van der Waals surface area (Å²) in [5, 5.41) is 17.2. The number of nitrogens with zero attached hydrogens (tertiary/aromatic N) is 2. The van der Waals surface area contributed by atoms with Gasteiger partial charge in [-0.15, -0.1) is 11.3 Å². The van der Waals surface area contributed by atoms with Gasteiger partial charge in [0.1, 0.15) is 16.5 Å². The molecule has 2 rings (SSSR count). The molecule has 106 valence electrons. The smallest absolute Gasteiger partial charge is 0.338 e. The van der Waals surface area contributed by atoms with Crippen LogP contribution in [0.25, 0.3) is 0 Å². The first kappa shape index (κ1) is 14.1. The second kappa shape index (κ2) is 5.74. The fraction of sp³-hybridized carbons (Fsp3) is 0.250. The number of aromatic carboxylic acids is 1. The molecule has 0 unspecified atom stereocenters. The highest BCUT2D eigenvalue weighted by Gasteiger charge is 2.17. The fourth-order valence-electron chi connectivity index (χ4n) is 1.57. The summed E-state index contributed by atoms with van der Waals surface area (Å²) in [5.74, 6) is -0.406. The standard InChI is InChI=1S/C12H13N3O4S/c1-7-5-8(14-19-7)6-15(2)12(18)13-10-9(11(16)17)3-4-20-10/h3-5H,6H2,1-2H3,(H,13,18)(H,16,17). The van der Waals surface area contributed by atoms with Crippen molar-refractivity contribution < 1.29 is 19.2 Å². The second-order valence-electron chi connectivity index (χ2n) is 4.18. The Morgan fingerprint density at radius 1 is 1.55 bits per heavy atom. The number of carboxylic acid groups (broad SMARTS) is 1. The third-order valence-electron chi connectivity index (χ3n) is 2.54. The van der Waals surface area contributed by atoms with Gasteiger partial charge in [0.25, 0.3) is 0 Å². The van der Waals surface area contributed by atoms with E-state index < -0.39 is 12.0 Å². The van der Waals surface area contributed by atoms with Gasteiger partial charge in [-0.05, 0) is 18.4 Å². The van der Waals surface area contributed by atoms with Crippen LogP contribution in [0.15, 0.2) is 22.0 Å². The number of anilines is 1. The molecule has 8 heteroatoms. The molecule has 0 aliphatic rings. The monoisotopic (exact) mass is 295 g/mol. The number of nitrogens with one attached hydrogen (secondary N) is 1. The molecule has 2 heterocycles. The summed E-state index contributed by atoms with van der Waals surface area (Å²) >= 11 is 1.16. The van der Waals surface area contributed by atoms with Crippen molar-refractivity contribution in [2.75, 3.05) is 12.4 Å². The Hall–Kier alpha value is -2.35. The normalized spacial score (nSPS) is 10.3. The molecule has 0 atom stereocenters. The molecule has 0 spiro atoms. The van der Waals surface area contributed by atoms with Crippen LogP contribution in [0.1, 0.15) is 21.8 Å². The number of carboxylic acids is 1. The summed E-state index contributed by atoms with van der Waals surface area (Å²) in [5.41, 5.74) is 0.707. The molecular formula is C12H13N3O4S. The number of amides is 2. The van der Waals surface area contributed by atoms with Crippen molar-refractivity contribution in [2.45, 2.75) is 13.5 Å². The molecule has 20 heavy (non-hydrogen) atoms. The van der Waals surface area contributed by atoms with Crippen molar-refractivity contribution in [1.29, 1.82) is 0 Å². The average Bonchev–Trinajstić information content (AvgIpc) is 2.98. The lowest BCUT2D eigenvalue weighted by atomic mass is 10.3. The second-order valence-corrected chi connectivity index (χ2v) is 5.10. The van der Waals surface area contributed by atoms with Gasteiger partial charge >= 0.3 is 12.0 Å². The molecule has 7 nitrogen and oxygen atoms in total. The van der Waals surface area contributed by atoms with Crippen LogP contribution in [-0.2, 0) is 6.54 Å². The lowest BCUT2D eigenvalue weighted by molar-refractivity contribution is 0.0698. The zero-order valence-corrected chi connectivity index (χ0v) is 11.7. The van der Waals surface area contributed by atoms with E-state index in [2.05, 4.69) is 10.5 Å². The highest BCUT2D eigenvalue weighted by molar-refractivity contribution is 7.14. The molecular weight excluding hydrogens is 282 g/mol. The fourth-order valence-corrected chi connectivity index (χ4v) is 2.34. The van der Waals surface area contributed by atoms with E-state index in [0.717, 1.165) is 11.3 Å². The van der Waals surface area contributed by atoms with Crippen LogP contribution in [0.2, 0.25) is 0 Å². The number of rotatable bonds is 4. The predicted molar refractivity (Wildman–Crippen MR) is 73.0 cm³/mol. The van der Waals surface area contributed by atoms with Crippen LogP contribution in [0.4, 0.5) is 9.80 Å². The van der Waals surface area contributed by atoms with Gasteiger partial charge in [-0.25, -0.2) is 9.59 Å². The lowest BCUT2D eigenvalue weighted by Crippen LogP contribution is -2.31. The van der Waals surface area contributed by atoms with Gasteiger partial charge in [-0.1, -0.05) is 5.16 Å². The quantitative estimate of drug-likeness (QED) is 0.903. The van der Waals surface area contributed by atoms with Crippen LogP contribution < -0.4 is 5.32 Å². The summed E-state index contributed by atoms with van der Waals surface area (Å²) in [6, 6.07) is 2.77. The zero-order valence-electron chi connectivity index (χ0n) is 10.9. The van der Waals surface area contributed by atoms with E-state index in [-0.39, 0.29) is 12.1 Å². The Bertz CT molecular complexity index is 634. The van der Waals surface area contributed by atoms with E-state index in [1.54, 1.807) is 25.4 Å². The maximum Gasteiger partial charge on any atom is 0.338 e. The summed E-state index contributed by atoms with van der Waals surface area (Å²) in [4.78, 5) is 24.3. The topological polar surface area (TPSA) is 95.7 Å². The third kappa shape index (κ3) is 3.15. The largest absolute Gasteiger partial charge is 0.478 e. The van der Waals surface area contributed by atoms with Crippen molar-refractivity contribution in [1.82, 2.24) is 10.1 Å². The van der Waals surface area contributed by atoms with Crippen LogP contribution in [0.3, 0.4) is 0 Å². The maximum atomic E-state index is 12.0. The minimum Gasteiger partial charge on any atom is -0.478 e. The Morgan fingerprint density at radius 3 is 2.90 bits per heavy atom. The van der Waals surface area contributed by atoms with E-state index in [1.165, 1.54) is 11.0 Å². The van der Waals surface area contributed by atoms with Gasteiger partial charge in [0, 0.05) is 13.1 Å². The lowest BCUT2D eigenvalue weighted by Gasteiger charge is -2.16. The van der Waals surface area contributed by atoms with Gasteiger partial charge in [0.05, 0.1) is 12.1 Å². The summed E-state index contributed by atoms with van der Waals surface area (Å²) in [7, 11) is 1.59. The van der Waals surface area contributed by atoms with Crippen LogP contribution >= 0.6 is 11.3 Å². The first-order valence-corrected chi connectivity index (χ1v) is 6.60. The van der Waals surface area contributed by atoms with Crippen LogP contribution in [0, 0.1) is 6.92 Å². The Balaban J connectivity index is 2.00. The van der Waals surface area contributed by atoms with E-state index in [4.69, 9.17) is 9.63 Å². The Kier molecular flexibility index (Phi) is 4.04. The number of carbonyl (C=O) groups excluding carboxylic acids is 1. The molecule has 0 radical (unpaired) electrons. The van der Waals surface area contributed by atoms with Crippen molar-refractivity contribution in [3.63, 3.8) is 0 Å². The van der Waals surface area contributed by atoms with E-state index in [0.29, 0.717) is 16.5 Å². The molecule has 0 saturated heterocycles. The minimum atomic E-state index is -1.07. The van der Waals surface area contributed by atoms with E-state index in [1.807, 2.05) is 0 Å². The zero-order chi connectivity index (χ0) is 14.7. The molecule has 0 fully saturated rings. The molecule has 2 aromatic heterocycles. The molecule has 0 aliphatic heterocycles. The molecule has 0 saturated carbocycles. The maximum absolute atomic E-state index is 12.0. The Morgan fingerprint density at radius 2 is 2.30 bits per heavy atom. The van der Waals surface area contributed by atoms with Gasteiger partial charge in [-0.2, -0.15) is 0 Å². The minimum absolute atomic E-state index is 0.0778. The Labute approximate surface area is 118 Å². The SMILES string of the molecule is Cc1cc(CN(C)C(=O)Nc2sccc2C(=O)O)no1. The van der Waals surface area contributed by atoms with Gasteiger partial charge in [0.2, 0.25) is 0 Å². The van der Waals surface area contributed by atoms with Crippen molar-refractivity contribution in [3.05, 3.63) is 34.5 Å². The number of carbonyl (C=O) groups is 2. The summed E-state index contributed by atoms with van der Waals surface area (Å²) < 4.78 is 4.92. The molecule has 0 aliphatic carbocycles. The predicted octanol–water partition coefficient (Wildman–Crippen LogP) is 2.41. The summed E-state index contributed by atoms with van der Waals surface area (Å²) in [6.07, 6.45) is 0. The number of hydrogen-bond acceptors (Lipinski definition) is 5. The highest BCUT2D eigenvalue weighted by Crippen LogP contribution is 2.23. The first-order chi connectivity index (χ1) is 9.47. The number of aromatic nitrogens is 1. The number of thiophene rings is 1. The third-order valence-corrected chi connectivity index (χ3v) is 3.37. The van der Waals surface area contributed by atoms with E-state index in [9.17, 15) is 9.59 Å². The number of urea groups is 1. The van der Waals surface area contributed by atoms with Crippen LogP contribution in [-0.4, -0.2) is 34.2 Å². The van der Waals surface area contributed by atoms with E-state index >= 15 is 0 Å². The average molecular weight is 295 g/mol. The van der Waals surface area contributed by atoms with Crippen molar-refractivity contribution >= 4 is 28.3 Å². The van der Waals surface area contributed by atoms with Gasteiger partial charge < -0.3 is 14.5 Å². The summed E-state index contributed by atoms with van der Waals surface area (Å²) in [6.45, 7) is 2.04.